The fourth-order valence-electron chi connectivity index (χ4n) is 2.11. The van der Waals surface area contributed by atoms with Crippen molar-refractivity contribution in [3.63, 3.8) is 0 Å². The topological polar surface area (TPSA) is 74.2 Å². The minimum Gasteiger partial charge on any atom is -0.497 e. The molecule has 0 saturated carbocycles. The van der Waals surface area contributed by atoms with Crippen molar-refractivity contribution >= 4 is 12.4 Å². The summed E-state index contributed by atoms with van der Waals surface area (Å²) in [6.07, 6.45) is 2.41. The highest BCUT2D eigenvalue weighted by molar-refractivity contribution is 5.85. The van der Waals surface area contributed by atoms with Crippen LogP contribution >= 0.6 is 12.4 Å². The predicted octanol–water partition coefficient (Wildman–Crippen LogP) is 3.06. The Morgan fingerprint density at radius 1 is 1.29 bits per heavy atom. The number of rotatable bonds is 6. The lowest BCUT2D eigenvalue weighted by Crippen LogP contribution is -2.33. The molecule has 1 atom stereocenters. The van der Waals surface area contributed by atoms with Crippen LogP contribution in [0.5, 0.6) is 5.75 Å². The van der Waals surface area contributed by atoms with E-state index in [-0.39, 0.29) is 12.4 Å². The van der Waals surface area contributed by atoms with E-state index in [4.69, 9.17) is 15.0 Å². The first-order valence-electron chi connectivity index (χ1n) is 6.80. The second-order valence-corrected chi connectivity index (χ2v) is 5.21. The van der Waals surface area contributed by atoms with Crippen LogP contribution in [0.15, 0.2) is 28.8 Å². The summed E-state index contributed by atoms with van der Waals surface area (Å²) < 4.78 is 10.4. The molecule has 0 radical (unpaired) electrons. The summed E-state index contributed by atoms with van der Waals surface area (Å²) in [6.45, 7) is 4.00. The van der Waals surface area contributed by atoms with Gasteiger partial charge in [-0.3, -0.25) is 0 Å². The number of aromatic nitrogens is 2. The molecule has 0 amide bonds. The van der Waals surface area contributed by atoms with Gasteiger partial charge in [-0.25, -0.2) is 0 Å². The Morgan fingerprint density at radius 2 is 1.95 bits per heavy atom. The van der Waals surface area contributed by atoms with Gasteiger partial charge in [-0.15, -0.1) is 12.4 Å². The normalized spacial score (nSPS) is 13.3. The van der Waals surface area contributed by atoms with Crippen LogP contribution in [0.2, 0.25) is 0 Å². The lowest BCUT2D eigenvalue weighted by atomic mass is 9.98. The van der Waals surface area contributed by atoms with Crippen LogP contribution in [-0.4, -0.2) is 17.3 Å². The number of benzene rings is 1. The third-order valence-corrected chi connectivity index (χ3v) is 3.25. The van der Waals surface area contributed by atoms with Gasteiger partial charge in [-0.2, -0.15) is 4.98 Å². The maximum Gasteiger partial charge on any atom is 0.246 e. The molecule has 0 aliphatic rings. The van der Waals surface area contributed by atoms with Crippen LogP contribution < -0.4 is 10.5 Å². The van der Waals surface area contributed by atoms with E-state index in [1.165, 1.54) is 0 Å². The van der Waals surface area contributed by atoms with E-state index >= 15 is 0 Å². The largest absolute Gasteiger partial charge is 0.497 e. The highest BCUT2D eigenvalue weighted by atomic mass is 35.5. The van der Waals surface area contributed by atoms with Crippen LogP contribution in [0.25, 0.3) is 0 Å². The van der Waals surface area contributed by atoms with E-state index in [1.807, 2.05) is 31.2 Å². The van der Waals surface area contributed by atoms with Gasteiger partial charge in [-0.05, 0) is 31.0 Å². The van der Waals surface area contributed by atoms with Crippen molar-refractivity contribution in [3.05, 3.63) is 41.5 Å². The van der Waals surface area contributed by atoms with Crippen molar-refractivity contribution in [1.29, 1.82) is 0 Å². The van der Waals surface area contributed by atoms with Gasteiger partial charge in [0.25, 0.3) is 0 Å². The van der Waals surface area contributed by atoms with Gasteiger partial charge in [0.1, 0.15) is 5.75 Å². The van der Waals surface area contributed by atoms with Gasteiger partial charge >= 0.3 is 0 Å². The molecular formula is C15H22ClN3O2. The Bertz CT molecular complexity index is 552. The molecule has 1 aromatic carbocycles. The maximum absolute atomic E-state index is 6.18. The Kier molecular flexibility index (Phi) is 6.18. The van der Waals surface area contributed by atoms with Crippen molar-refractivity contribution in [1.82, 2.24) is 10.1 Å². The summed E-state index contributed by atoms with van der Waals surface area (Å²) in [7, 11) is 1.65. The Balaban J connectivity index is 0.00000220. The van der Waals surface area contributed by atoms with E-state index < -0.39 is 5.54 Å². The quantitative estimate of drug-likeness (QED) is 0.887. The highest BCUT2D eigenvalue weighted by Gasteiger charge is 2.27. The van der Waals surface area contributed by atoms with Crippen molar-refractivity contribution in [2.24, 2.45) is 5.73 Å². The summed E-state index contributed by atoms with van der Waals surface area (Å²) in [5.41, 5.74) is 6.73. The van der Waals surface area contributed by atoms with Crippen LogP contribution in [-0.2, 0) is 12.0 Å². The molecule has 1 aromatic heterocycles. The van der Waals surface area contributed by atoms with Crippen molar-refractivity contribution in [2.45, 2.75) is 38.6 Å². The van der Waals surface area contributed by atoms with Crippen LogP contribution in [0, 0.1) is 0 Å². The zero-order chi connectivity index (χ0) is 14.6. The average molecular weight is 312 g/mol. The van der Waals surface area contributed by atoms with Crippen LogP contribution in [0.1, 0.15) is 44.0 Å². The SMILES string of the molecule is CCCC(C)(N)c1nc(Cc2ccc(OC)cc2)no1.Cl. The molecule has 0 fully saturated rings. The molecule has 1 unspecified atom stereocenters. The second kappa shape index (κ2) is 7.43. The average Bonchev–Trinajstić information content (AvgIpc) is 2.89. The molecule has 6 heteroatoms. The molecule has 0 spiro atoms. The molecule has 0 aliphatic heterocycles. The monoisotopic (exact) mass is 311 g/mol. The van der Waals surface area contributed by atoms with E-state index in [2.05, 4.69) is 17.1 Å². The lowest BCUT2D eigenvalue weighted by molar-refractivity contribution is 0.282. The highest BCUT2D eigenvalue weighted by Crippen LogP contribution is 2.22. The molecule has 0 aliphatic carbocycles. The summed E-state index contributed by atoms with van der Waals surface area (Å²) in [5, 5.41) is 4.01. The molecule has 21 heavy (non-hydrogen) atoms. The van der Waals surface area contributed by atoms with E-state index in [0.717, 1.165) is 24.2 Å². The predicted molar refractivity (Wildman–Crippen MR) is 83.8 cm³/mol. The zero-order valence-corrected chi connectivity index (χ0v) is 13.4. The summed E-state index contributed by atoms with van der Waals surface area (Å²) in [6, 6.07) is 7.81. The molecule has 0 bridgehead atoms. The zero-order valence-electron chi connectivity index (χ0n) is 12.6. The molecule has 1 heterocycles. The van der Waals surface area contributed by atoms with E-state index in [1.54, 1.807) is 7.11 Å². The van der Waals surface area contributed by atoms with Crippen LogP contribution in [0.3, 0.4) is 0 Å². The Hall–Kier alpha value is -1.59. The van der Waals surface area contributed by atoms with Crippen LogP contribution in [0.4, 0.5) is 0 Å². The summed E-state index contributed by atoms with van der Waals surface area (Å²) in [5.74, 6) is 1.99. The molecule has 2 aromatic rings. The van der Waals surface area contributed by atoms with Gasteiger partial charge < -0.3 is 15.0 Å². The standard InChI is InChI=1S/C15H21N3O2.ClH/c1-4-9-15(2,16)14-17-13(18-20-14)10-11-5-7-12(19-3)8-6-11;/h5-8H,4,9-10,16H2,1-3H3;1H. The fourth-order valence-corrected chi connectivity index (χ4v) is 2.11. The number of nitrogens with zero attached hydrogens (tertiary/aromatic N) is 2. The van der Waals surface area contributed by atoms with Gasteiger partial charge in [0.15, 0.2) is 5.82 Å². The number of methoxy groups -OCH3 is 1. The Morgan fingerprint density at radius 3 is 2.52 bits per heavy atom. The third kappa shape index (κ3) is 4.44. The molecule has 0 saturated heterocycles. The Labute approximate surface area is 131 Å². The number of hydrogen-bond acceptors (Lipinski definition) is 5. The van der Waals surface area contributed by atoms with Gasteiger partial charge in [0.2, 0.25) is 5.89 Å². The van der Waals surface area contributed by atoms with Crippen molar-refractivity contribution in [3.8, 4) is 5.75 Å². The molecular weight excluding hydrogens is 290 g/mol. The number of ether oxygens (including phenoxy) is 1. The van der Waals surface area contributed by atoms with Gasteiger partial charge in [-0.1, -0.05) is 30.6 Å². The number of hydrogen-bond donors (Lipinski definition) is 1. The number of nitrogens with two attached hydrogens (primary N) is 1. The first kappa shape index (κ1) is 17.5. The first-order chi connectivity index (χ1) is 9.55. The molecule has 5 nitrogen and oxygen atoms in total. The molecule has 116 valence electrons. The van der Waals surface area contributed by atoms with Gasteiger partial charge in [0, 0.05) is 6.42 Å². The van der Waals surface area contributed by atoms with Crippen molar-refractivity contribution < 1.29 is 9.26 Å². The first-order valence-corrected chi connectivity index (χ1v) is 6.80. The second-order valence-electron chi connectivity index (χ2n) is 5.21. The molecule has 2 N–H and O–H groups in total. The minimum atomic E-state index is -0.556. The van der Waals surface area contributed by atoms with E-state index in [0.29, 0.717) is 18.1 Å². The fraction of sp³-hybridized carbons (Fsp3) is 0.467. The smallest absolute Gasteiger partial charge is 0.246 e. The third-order valence-electron chi connectivity index (χ3n) is 3.25. The maximum atomic E-state index is 6.18. The summed E-state index contributed by atoms with van der Waals surface area (Å²) in [4.78, 5) is 4.40. The number of halogens is 1. The lowest BCUT2D eigenvalue weighted by Gasteiger charge is -2.18. The minimum absolute atomic E-state index is 0. The van der Waals surface area contributed by atoms with Gasteiger partial charge in [0.05, 0.1) is 12.6 Å². The summed E-state index contributed by atoms with van der Waals surface area (Å²) >= 11 is 0. The van der Waals surface area contributed by atoms with Crippen molar-refractivity contribution in [2.75, 3.05) is 7.11 Å². The van der Waals surface area contributed by atoms with E-state index in [9.17, 15) is 0 Å². The molecule has 2 rings (SSSR count).